The van der Waals surface area contributed by atoms with Gasteiger partial charge in [0.25, 0.3) is 0 Å². The number of cyclic esters (lactones) is 1. The van der Waals surface area contributed by atoms with E-state index >= 15 is 0 Å². The van der Waals surface area contributed by atoms with Crippen molar-refractivity contribution in [2.75, 3.05) is 20.5 Å². The molecule has 2 aromatic rings. The topological polar surface area (TPSA) is 91.3 Å². The standard InChI is InChI=1S/C26H28BrClF2O7/c1-12(2)8-16(31)14-6-7-17-18(21(14)34-5)24(32)35-9-15-20(28)13(3)19(27)23(22(15)36-17)37-25(33)26(4,10-29)11-30/h6-7,12,16,31H,8-11H2,1-5H3/t16-/m0/s1. The van der Waals surface area contributed by atoms with E-state index in [1.54, 1.807) is 13.0 Å². The zero-order chi connectivity index (χ0) is 27.7. The van der Waals surface area contributed by atoms with Crippen molar-refractivity contribution in [1.82, 2.24) is 0 Å². The maximum absolute atomic E-state index is 13.5. The summed E-state index contributed by atoms with van der Waals surface area (Å²) in [6, 6.07) is 3.01. The molecule has 0 saturated carbocycles. The van der Waals surface area contributed by atoms with Crippen LogP contribution in [0.5, 0.6) is 23.0 Å². The molecule has 2 aromatic carbocycles. The number of methoxy groups -OCH3 is 1. The van der Waals surface area contributed by atoms with Crippen molar-refractivity contribution in [3.63, 3.8) is 0 Å². The molecule has 0 aliphatic carbocycles. The first-order valence-corrected chi connectivity index (χ1v) is 12.7. The van der Waals surface area contributed by atoms with Crippen molar-refractivity contribution in [1.29, 1.82) is 0 Å². The summed E-state index contributed by atoms with van der Waals surface area (Å²) in [7, 11) is 1.35. The Morgan fingerprint density at radius 2 is 1.92 bits per heavy atom. The molecule has 37 heavy (non-hydrogen) atoms. The lowest BCUT2D eigenvalue weighted by molar-refractivity contribution is -0.147. The van der Waals surface area contributed by atoms with Gasteiger partial charge in [0, 0.05) is 5.56 Å². The van der Waals surface area contributed by atoms with E-state index in [1.165, 1.54) is 13.2 Å². The van der Waals surface area contributed by atoms with Gasteiger partial charge in [0.15, 0.2) is 11.5 Å². The van der Waals surface area contributed by atoms with Crippen molar-refractivity contribution < 1.29 is 42.4 Å². The molecule has 0 spiro atoms. The van der Waals surface area contributed by atoms with Crippen LogP contribution in [0, 0.1) is 18.3 Å². The van der Waals surface area contributed by atoms with Gasteiger partial charge >= 0.3 is 11.9 Å². The van der Waals surface area contributed by atoms with Gasteiger partial charge in [0.2, 0.25) is 0 Å². The Bertz CT molecular complexity index is 1210. The van der Waals surface area contributed by atoms with Gasteiger partial charge in [-0.05, 0) is 59.8 Å². The van der Waals surface area contributed by atoms with Gasteiger partial charge in [-0.1, -0.05) is 25.4 Å². The smallest absolute Gasteiger partial charge is 0.346 e. The number of benzene rings is 2. The number of ether oxygens (including phenoxy) is 4. The van der Waals surface area contributed by atoms with Crippen LogP contribution in [0.15, 0.2) is 16.6 Å². The van der Waals surface area contributed by atoms with Crippen molar-refractivity contribution >= 4 is 39.5 Å². The molecule has 202 valence electrons. The zero-order valence-corrected chi connectivity index (χ0v) is 23.4. The number of fused-ring (bicyclic) bond motifs is 2. The van der Waals surface area contributed by atoms with E-state index in [0.29, 0.717) is 17.5 Å². The molecule has 7 nitrogen and oxygen atoms in total. The van der Waals surface area contributed by atoms with Crippen LogP contribution in [-0.4, -0.2) is 37.5 Å². The number of alkyl halides is 2. The number of aliphatic hydroxyl groups excluding tert-OH is 1. The Morgan fingerprint density at radius 3 is 2.49 bits per heavy atom. The monoisotopic (exact) mass is 604 g/mol. The molecule has 0 unspecified atom stereocenters. The van der Waals surface area contributed by atoms with Crippen molar-refractivity contribution in [2.45, 2.75) is 46.8 Å². The highest BCUT2D eigenvalue weighted by Crippen LogP contribution is 2.50. The summed E-state index contributed by atoms with van der Waals surface area (Å²) in [5.41, 5.74) is -1.13. The van der Waals surface area contributed by atoms with Crippen LogP contribution >= 0.6 is 27.5 Å². The number of esters is 2. The Hall–Kier alpha value is -2.43. The third-order valence-corrected chi connectivity index (χ3v) is 7.52. The van der Waals surface area contributed by atoms with E-state index in [4.69, 9.17) is 30.5 Å². The van der Waals surface area contributed by atoms with Gasteiger partial charge in [-0.25, -0.2) is 13.6 Å². The first kappa shape index (κ1) is 29.1. The first-order chi connectivity index (χ1) is 17.4. The third kappa shape index (κ3) is 5.56. The summed E-state index contributed by atoms with van der Waals surface area (Å²) in [6.45, 7) is 3.68. The Labute approximate surface area is 227 Å². The summed E-state index contributed by atoms with van der Waals surface area (Å²) < 4.78 is 49.8. The quantitative estimate of drug-likeness (QED) is 0.261. The largest absolute Gasteiger partial charge is 0.495 e. The average Bonchev–Trinajstić information content (AvgIpc) is 2.86. The average molecular weight is 606 g/mol. The van der Waals surface area contributed by atoms with E-state index in [2.05, 4.69) is 15.9 Å². The molecular formula is C26H28BrClF2O7. The minimum atomic E-state index is -2.03. The van der Waals surface area contributed by atoms with Crippen LogP contribution in [0.1, 0.15) is 60.3 Å². The molecule has 0 bridgehead atoms. The number of hydrogen-bond acceptors (Lipinski definition) is 7. The summed E-state index contributed by atoms with van der Waals surface area (Å²) in [6.07, 6.45) is -0.509. The fourth-order valence-electron chi connectivity index (χ4n) is 3.75. The SMILES string of the molecule is COc1c([C@@H](O)CC(C)C)ccc2c1C(=O)OCc1c(Cl)c(C)c(Br)c(OC(=O)C(C)(CF)CF)c1O2. The predicted molar refractivity (Wildman–Crippen MR) is 136 cm³/mol. The van der Waals surface area contributed by atoms with Gasteiger partial charge < -0.3 is 24.1 Å². The second-order valence-corrected chi connectivity index (χ2v) is 10.7. The lowest BCUT2D eigenvalue weighted by Gasteiger charge is -2.27. The van der Waals surface area contributed by atoms with Crippen molar-refractivity contribution in [2.24, 2.45) is 11.3 Å². The van der Waals surface area contributed by atoms with Crippen LogP contribution in [-0.2, 0) is 16.1 Å². The summed E-state index contributed by atoms with van der Waals surface area (Å²) >= 11 is 9.86. The van der Waals surface area contributed by atoms with E-state index in [0.717, 1.165) is 6.92 Å². The summed E-state index contributed by atoms with van der Waals surface area (Å²) in [4.78, 5) is 25.8. The van der Waals surface area contributed by atoms with E-state index in [-0.39, 0.29) is 56.1 Å². The summed E-state index contributed by atoms with van der Waals surface area (Å²) in [5.74, 6) is -1.99. The van der Waals surface area contributed by atoms with Crippen molar-refractivity contribution in [3.8, 4) is 23.0 Å². The molecule has 0 radical (unpaired) electrons. The van der Waals surface area contributed by atoms with Crippen LogP contribution in [0.3, 0.4) is 0 Å². The van der Waals surface area contributed by atoms with Gasteiger partial charge in [0.05, 0.1) is 28.3 Å². The molecule has 3 rings (SSSR count). The fourth-order valence-corrected chi connectivity index (χ4v) is 4.56. The Kier molecular flexibility index (Phi) is 9.08. The highest BCUT2D eigenvalue weighted by Gasteiger charge is 2.39. The highest BCUT2D eigenvalue weighted by molar-refractivity contribution is 9.10. The second-order valence-electron chi connectivity index (χ2n) is 9.49. The van der Waals surface area contributed by atoms with Crippen LogP contribution in [0.25, 0.3) is 0 Å². The zero-order valence-electron chi connectivity index (χ0n) is 21.0. The van der Waals surface area contributed by atoms with Crippen LogP contribution in [0.2, 0.25) is 5.02 Å². The van der Waals surface area contributed by atoms with Gasteiger partial charge in [-0.15, -0.1) is 0 Å². The van der Waals surface area contributed by atoms with Gasteiger partial charge in [0.1, 0.15) is 42.4 Å². The molecule has 1 aliphatic rings. The van der Waals surface area contributed by atoms with Crippen LogP contribution < -0.4 is 14.2 Å². The number of carbonyl (C=O) groups is 2. The highest BCUT2D eigenvalue weighted by atomic mass is 79.9. The first-order valence-electron chi connectivity index (χ1n) is 11.5. The van der Waals surface area contributed by atoms with Crippen LogP contribution in [0.4, 0.5) is 8.78 Å². The number of hydrogen-bond donors (Lipinski definition) is 1. The Balaban J connectivity index is 2.22. The molecule has 1 N–H and O–H groups in total. The van der Waals surface area contributed by atoms with E-state index < -0.39 is 36.8 Å². The lowest BCUT2D eigenvalue weighted by Crippen LogP contribution is -2.36. The molecule has 0 amide bonds. The molecular weight excluding hydrogens is 578 g/mol. The van der Waals surface area contributed by atoms with E-state index in [9.17, 15) is 23.5 Å². The number of carbonyl (C=O) groups excluding carboxylic acids is 2. The molecule has 11 heteroatoms. The molecule has 0 saturated heterocycles. The number of aliphatic hydroxyl groups is 1. The molecule has 1 aliphatic heterocycles. The minimum Gasteiger partial charge on any atom is -0.495 e. The number of halogens is 4. The lowest BCUT2D eigenvalue weighted by atomic mass is 9.95. The predicted octanol–water partition coefficient (Wildman–Crippen LogP) is 6.81. The molecule has 0 aromatic heterocycles. The maximum atomic E-state index is 13.5. The number of rotatable bonds is 8. The molecule has 1 atom stereocenters. The molecule has 0 fully saturated rings. The second kappa shape index (κ2) is 11.5. The minimum absolute atomic E-state index is 0.0221. The van der Waals surface area contributed by atoms with Gasteiger partial charge in [-0.3, -0.25) is 4.79 Å². The third-order valence-electron chi connectivity index (χ3n) is 6.05. The normalized spacial score (nSPS) is 14.1. The summed E-state index contributed by atoms with van der Waals surface area (Å²) in [5, 5.41) is 10.9. The maximum Gasteiger partial charge on any atom is 0.346 e. The van der Waals surface area contributed by atoms with E-state index in [1.807, 2.05) is 13.8 Å². The van der Waals surface area contributed by atoms with Gasteiger partial charge in [-0.2, -0.15) is 0 Å². The Morgan fingerprint density at radius 1 is 1.27 bits per heavy atom. The fraction of sp³-hybridized carbons (Fsp3) is 0.462. The van der Waals surface area contributed by atoms with Crippen molar-refractivity contribution in [3.05, 3.63) is 43.9 Å². The molecule has 1 heterocycles.